The van der Waals surface area contributed by atoms with Gasteiger partial charge in [-0.25, -0.2) is 0 Å². The number of rotatable bonds is 9. The van der Waals surface area contributed by atoms with Crippen LogP contribution in [0, 0.1) is 5.92 Å². The summed E-state index contributed by atoms with van der Waals surface area (Å²) in [6, 6.07) is 12.9. The monoisotopic (exact) mass is 539 g/mol. The summed E-state index contributed by atoms with van der Waals surface area (Å²) in [5.74, 6) is -1.07. The van der Waals surface area contributed by atoms with E-state index >= 15 is 0 Å². The van der Waals surface area contributed by atoms with Crippen molar-refractivity contribution in [3.63, 3.8) is 0 Å². The van der Waals surface area contributed by atoms with E-state index in [-0.39, 0.29) is 29.8 Å². The predicted molar refractivity (Wildman–Crippen MR) is 143 cm³/mol. The van der Waals surface area contributed by atoms with E-state index in [2.05, 4.69) is 10.6 Å². The molecule has 0 radical (unpaired) electrons. The molecule has 202 valence electrons. The lowest BCUT2D eigenvalue weighted by molar-refractivity contribution is -0.146. The van der Waals surface area contributed by atoms with Gasteiger partial charge in [-0.1, -0.05) is 24.3 Å². The number of amides is 2. The highest BCUT2D eigenvalue weighted by Crippen LogP contribution is 2.28. The van der Waals surface area contributed by atoms with Crippen LogP contribution in [0.15, 0.2) is 53.4 Å². The van der Waals surface area contributed by atoms with Crippen molar-refractivity contribution in [2.24, 2.45) is 5.92 Å². The van der Waals surface area contributed by atoms with Crippen LogP contribution in [0.1, 0.15) is 36.8 Å². The number of methoxy groups -OCH3 is 1. The number of nitrogens with one attached hydrogen (secondary N) is 2. The number of hydrogen-bond acceptors (Lipinski definition) is 7. The van der Waals surface area contributed by atoms with Gasteiger partial charge in [-0.2, -0.15) is 0 Å². The van der Waals surface area contributed by atoms with Gasteiger partial charge < -0.3 is 25.4 Å². The van der Waals surface area contributed by atoms with Gasteiger partial charge in [0.15, 0.2) is 0 Å². The van der Waals surface area contributed by atoms with Crippen LogP contribution >= 0.6 is 11.8 Å². The molecule has 0 spiro atoms. The summed E-state index contributed by atoms with van der Waals surface area (Å²) >= 11 is 0.940. The van der Waals surface area contributed by atoms with Crippen LogP contribution in [0.5, 0.6) is 5.75 Å². The number of carboxylic acids is 1. The van der Waals surface area contributed by atoms with E-state index in [1.165, 1.54) is 0 Å². The van der Waals surface area contributed by atoms with Crippen molar-refractivity contribution in [3.05, 3.63) is 59.7 Å². The number of piperidine rings is 1. The molecule has 4 rings (SSSR count). The second-order valence-electron chi connectivity index (χ2n) is 9.57. The summed E-state index contributed by atoms with van der Waals surface area (Å²) in [5, 5.41) is 14.9. The normalized spacial score (nSPS) is 18.2. The van der Waals surface area contributed by atoms with Crippen LogP contribution in [0.2, 0.25) is 0 Å². The highest BCUT2D eigenvalue weighted by atomic mass is 32.2. The van der Waals surface area contributed by atoms with Crippen molar-refractivity contribution in [2.45, 2.75) is 55.6 Å². The molecule has 38 heavy (non-hydrogen) atoms. The minimum absolute atomic E-state index is 0.0470. The fraction of sp³-hybridized carbons (Fsp3) is 0.429. The molecule has 1 fully saturated rings. The Morgan fingerprint density at radius 1 is 1.08 bits per heavy atom. The summed E-state index contributed by atoms with van der Waals surface area (Å²) in [6.07, 6.45) is 1.44. The number of carbonyl (C=O) groups is 4. The van der Waals surface area contributed by atoms with Crippen molar-refractivity contribution in [3.8, 4) is 5.75 Å². The van der Waals surface area contributed by atoms with E-state index in [4.69, 9.17) is 4.74 Å². The molecule has 0 aromatic heterocycles. The molecule has 2 aliphatic heterocycles. The van der Waals surface area contributed by atoms with Gasteiger partial charge in [-0.05, 0) is 79.5 Å². The van der Waals surface area contributed by atoms with Gasteiger partial charge in [0.05, 0.1) is 13.2 Å². The van der Waals surface area contributed by atoms with Gasteiger partial charge >= 0.3 is 5.97 Å². The molecule has 0 saturated carbocycles. The van der Waals surface area contributed by atoms with E-state index in [0.717, 1.165) is 36.0 Å². The topological polar surface area (TPSA) is 125 Å². The van der Waals surface area contributed by atoms with Crippen LogP contribution in [0.3, 0.4) is 0 Å². The fourth-order valence-electron chi connectivity index (χ4n) is 4.91. The van der Waals surface area contributed by atoms with Gasteiger partial charge in [0.2, 0.25) is 16.9 Å². The van der Waals surface area contributed by atoms with E-state index < -0.39 is 24.0 Å². The Balaban J connectivity index is 1.53. The van der Waals surface area contributed by atoms with Crippen molar-refractivity contribution in [1.82, 2.24) is 15.5 Å². The molecule has 2 aliphatic rings. The molecule has 10 heteroatoms. The Morgan fingerprint density at radius 2 is 1.76 bits per heavy atom. The molecule has 0 bridgehead atoms. The van der Waals surface area contributed by atoms with Gasteiger partial charge in [0, 0.05) is 30.2 Å². The molecule has 0 unspecified atom stereocenters. The predicted octanol–water partition coefficient (Wildman–Crippen LogP) is 2.62. The zero-order chi connectivity index (χ0) is 27.1. The number of ether oxygens (including phenoxy) is 1. The molecule has 2 atom stereocenters. The van der Waals surface area contributed by atoms with Crippen LogP contribution in [0.25, 0.3) is 0 Å². The van der Waals surface area contributed by atoms with Crippen LogP contribution in [-0.2, 0) is 32.1 Å². The smallest absolute Gasteiger partial charge is 0.303 e. The standard InChI is InChI=1S/C28H33N3O6S/c1-37-21-6-8-22(9-7-21)38-28(36)23(10-11-25(32)33)30-26(34)24-16-19-4-2-3-5-20(19)17-31(24)27(35)18-12-14-29-15-13-18/h2-9,18,23-24,29H,10-17H2,1H3,(H,30,34)(H,32,33)/t23-,24-/m1/s1. The number of fused-ring (bicyclic) bond motifs is 1. The second kappa shape index (κ2) is 12.9. The fourth-order valence-corrected chi connectivity index (χ4v) is 5.73. The number of thioether (sulfide) groups is 1. The number of aliphatic carboxylic acids is 1. The SMILES string of the molecule is COc1ccc(SC(=O)[C@@H](CCC(=O)O)NC(=O)[C@H]2Cc3ccccc3CN2C(=O)C2CCNCC2)cc1. The van der Waals surface area contributed by atoms with Crippen LogP contribution in [-0.4, -0.2) is 65.2 Å². The van der Waals surface area contributed by atoms with Gasteiger partial charge in [-0.15, -0.1) is 0 Å². The number of benzene rings is 2. The molecule has 9 nitrogen and oxygen atoms in total. The first-order chi connectivity index (χ1) is 18.4. The third-order valence-corrected chi connectivity index (χ3v) is 8.04. The van der Waals surface area contributed by atoms with E-state index in [0.29, 0.717) is 36.5 Å². The Bertz CT molecular complexity index is 1170. The maximum atomic E-state index is 13.7. The lowest BCUT2D eigenvalue weighted by atomic mass is 9.90. The molecule has 2 aromatic carbocycles. The molecule has 2 heterocycles. The summed E-state index contributed by atoms with van der Waals surface area (Å²) < 4.78 is 5.15. The maximum Gasteiger partial charge on any atom is 0.303 e. The Labute approximate surface area is 226 Å². The van der Waals surface area contributed by atoms with E-state index in [1.807, 2.05) is 24.3 Å². The summed E-state index contributed by atoms with van der Waals surface area (Å²) in [4.78, 5) is 54.0. The first-order valence-electron chi connectivity index (χ1n) is 12.8. The van der Waals surface area contributed by atoms with Gasteiger partial charge in [0.1, 0.15) is 11.8 Å². The lowest BCUT2D eigenvalue weighted by Gasteiger charge is -2.39. The minimum Gasteiger partial charge on any atom is -0.497 e. The highest BCUT2D eigenvalue weighted by molar-refractivity contribution is 8.13. The third kappa shape index (κ3) is 6.93. The summed E-state index contributed by atoms with van der Waals surface area (Å²) in [7, 11) is 1.55. The molecule has 3 N–H and O–H groups in total. The number of carbonyl (C=O) groups excluding carboxylic acids is 3. The Hall–Kier alpha value is -3.37. The molecule has 0 aliphatic carbocycles. The first kappa shape index (κ1) is 27.7. The zero-order valence-corrected chi connectivity index (χ0v) is 22.2. The van der Waals surface area contributed by atoms with Crippen molar-refractivity contribution >= 4 is 34.7 Å². The van der Waals surface area contributed by atoms with Crippen LogP contribution < -0.4 is 15.4 Å². The Morgan fingerprint density at radius 3 is 2.42 bits per heavy atom. The average Bonchev–Trinajstić information content (AvgIpc) is 2.94. The number of nitrogens with zero attached hydrogens (tertiary/aromatic N) is 1. The van der Waals surface area contributed by atoms with E-state index in [9.17, 15) is 24.3 Å². The molecular formula is C28H33N3O6S. The zero-order valence-electron chi connectivity index (χ0n) is 21.4. The third-order valence-electron chi connectivity index (χ3n) is 7.05. The first-order valence-corrected chi connectivity index (χ1v) is 13.6. The van der Waals surface area contributed by atoms with E-state index in [1.54, 1.807) is 36.3 Å². The Kier molecular flexibility index (Phi) is 9.41. The molecule has 1 saturated heterocycles. The molecular weight excluding hydrogens is 506 g/mol. The van der Waals surface area contributed by atoms with Crippen molar-refractivity contribution in [2.75, 3.05) is 20.2 Å². The number of carboxylic acid groups (broad SMARTS) is 1. The minimum atomic E-state index is -1.05. The number of hydrogen-bond donors (Lipinski definition) is 3. The summed E-state index contributed by atoms with van der Waals surface area (Å²) in [6.45, 7) is 1.84. The summed E-state index contributed by atoms with van der Waals surface area (Å²) in [5.41, 5.74) is 2.00. The van der Waals surface area contributed by atoms with Crippen molar-refractivity contribution < 1.29 is 29.0 Å². The largest absolute Gasteiger partial charge is 0.497 e. The van der Waals surface area contributed by atoms with Crippen LogP contribution in [0.4, 0.5) is 0 Å². The lowest BCUT2D eigenvalue weighted by Crippen LogP contribution is -2.56. The molecule has 2 amide bonds. The molecule has 2 aromatic rings. The second-order valence-corrected chi connectivity index (χ2v) is 10.6. The van der Waals surface area contributed by atoms with Gasteiger partial charge in [-0.3, -0.25) is 19.2 Å². The maximum absolute atomic E-state index is 13.7. The average molecular weight is 540 g/mol. The quantitative estimate of drug-likeness (QED) is 0.416. The highest BCUT2D eigenvalue weighted by Gasteiger charge is 2.38. The van der Waals surface area contributed by atoms with Gasteiger partial charge in [0.25, 0.3) is 0 Å². The van der Waals surface area contributed by atoms with Crippen molar-refractivity contribution in [1.29, 1.82) is 0 Å².